The summed E-state index contributed by atoms with van der Waals surface area (Å²) >= 11 is 0. The first kappa shape index (κ1) is 26.3. The van der Waals surface area contributed by atoms with Gasteiger partial charge in [0.15, 0.2) is 18.3 Å². The van der Waals surface area contributed by atoms with Crippen LogP contribution < -0.4 is 5.69 Å². The highest BCUT2D eigenvalue weighted by Gasteiger charge is 2.42. The number of nitrogens with zero attached hydrogens (tertiary/aromatic N) is 2. The van der Waals surface area contributed by atoms with Crippen LogP contribution in [0, 0.1) is 0 Å². The number of carbonyl (C=O) groups is 6. The average Bonchev–Trinajstić information content (AvgIpc) is 2.98. The number of hydrogen-bond donors (Lipinski definition) is 0. The summed E-state index contributed by atoms with van der Waals surface area (Å²) in [6.45, 7) is 5.59. The summed E-state index contributed by atoms with van der Waals surface area (Å²) in [6, 6.07) is 0. The second kappa shape index (κ2) is 11.0. The third-order valence-corrected chi connectivity index (χ3v) is 3.89. The molecule has 13 heteroatoms. The number of hydrogen-bond acceptors (Lipinski definition) is 11. The monoisotopic (exact) mass is 456 g/mol. The summed E-state index contributed by atoms with van der Waals surface area (Å²) in [5.41, 5.74) is -1.39. The Bertz CT molecular complexity index is 988. The molecular formula is C19H24N2O11. The Kier molecular flexibility index (Phi) is 9.05. The summed E-state index contributed by atoms with van der Waals surface area (Å²) in [5.74, 6) is -5.03. The van der Waals surface area contributed by atoms with Gasteiger partial charge in [-0.2, -0.15) is 0 Å². The largest absolute Gasteiger partial charge is 0.462 e. The van der Waals surface area contributed by atoms with Gasteiger partial charge in [0.05, 0.1) is 5.69 Å². The van der Waals surface area contributed by atoms with E-state index >= 15 is 0 Å². The molecule has 0 saturated heterocycles. The van der Waals surface area contributed by atoms with Gasteiger partial charge in [0.2, 0.25) is 11.8 Å². The molecule has 0 aliphatic carbocycles. The van der Waals surface area contributed by atoms with E-state index in [1.54, 1.807) is 0 Å². The Morgan fingerprint density at radius 2 is 1.31 bits per heavy atom. The minimum absolute atomic E-state index is 0.334. The Labute approximate surface area is 182 Å². The molecule has 0 amide bonds. The lowest BCUT2D eigenvalue weighted by atomic mass is 10.0. The first-order valence-corrected chi connectivity index (χ1v) is 9.27. The molecule has 1 aromatic rings. The number of esters is 4. The van der Waals surface area contributed by atoms with Crippen molar-refractivity contribution >= 4 is 35.7 Å². The van der Waals surface area contributed by atoms with Crippen molar-refractivity contribution in [2.24, 2.45) is 0 Å². The fourth-order valence-corrected chi connectivity index (χ4v) is 2.81. The van der Waals surface area contributed by atoms with Gasteiger partial charge in [-0.05, 0) is 0 Å². The third-order valence-electron chi connectivity index (χ3n) is 3.89. The zero-order valence-electron chi connectivity index (χ0n) is 18.4. The molecule has 176 valence electrons. The Balaban J connectivity index is 3.77. The normalized spacial score (nSPS) is 13.3. The van der Waals surface area contributed by atoms with Crippen molar-refractivity contribution in [3.8, 4) is 0 Å². The number of rotatable bonds is 8. The highest BCUT2D eigenvalue weighted by Crippen LogP contribution is 2.28. The van der Waals surface area contributed by atoms with Crippen molar-refractivity contribution in [2.45, 2.75) is 59.9 Å². The second-order valence-electron chi connectivity index (χ2n) is 6.63. The minimum atomic E-state index is -1.70. The molecule has 32 heavy (non-hydrogen) atoms. The number of aromatic nitrogens is 2. The zero-order chi connectivity index (χ0) is 24.7. The van der Waals surface area contributed by atoms with E-state index in [9.17, 15) is 33.6 Å². The van der Waals surface area contributed by atoms with Gasteiger partial charge in [-0.1, -0.05) is 0 Å². The van der Waals surface area contributed by atoms with Crippen LogP contribution in [-0.2, 0) is 38.1 Å². The molecule has 1 heterocycles. The van der Waals surface area contributed by atoms with E-state index in [0.717, 1.165) is 47.7 Å². The van der Waals surface area contributed by atoms with Crippen LogP contribution in [0.3, 0.4) is 0 Å². The smallest absolute Gasteiger partial charge is 0.342 e. The fraction of sp³-hybridized carbons (Fsp3) is 0.526. The van der Waals surface area contributed by atoms with Crippen molar-refractivity contribution < 1.29 is 47.7 Å². The standard InChI is InChI=1S/C19H24N2O11/c1-9(22)20-7-15(21(10(2)23)19(20)28)17(31-13(5)26)18(32-14(6)27)16(30-12(4)25)8-29-11(3)24/h7,16-18H,8H2,1-6H3/t16-,17-,18-/m0/s1. The van der Waals surface area contributed by atoms with E-state index in [1.807, 2.05) is 0 Å². The van der Waals surface area contributed by atoms with Crippen LogP contribution in [0.4, 0.5) is 0 Å². The van der Waals surface area contributed by atoms with Crippen molar-refractivity contribution in [1.82, 2.24) is 9.13 Å². The van der Waals surface area contributed by atoms with Crippen LogP contribution in [0.2, 0.25) is 0 Å². The molecule has 0 aromatic carbocycles. The van der Waals surface area contributed by atoms with Crippen LogP contribution in [0.25, 0.3) is 0 Å². The van der Waals surface area contributed by atoms with E-state index in [1.165, 1.54) is 0 Å². The summed E-state index contributed by atoms with van der Waals surface area (Å²) in [7, 11) is 0. The van der Waals surface area contributed by atoms with Gasteiger partial charge in [0.25, 0.3) is 0 Å². The minimum Gasteiger partial charge on any atom is -0.462 e. The van der Waals surface area contributed by atoms with Gasteiger partial charge in [-0.15, -0.1) is 0 Å². The van der Waals surface area contributed by atoms with Gasteiger partial charge < -0.3 is 18.9 Å². The molecule has 0 aliphatic heterocycles. The van der Waals surface area contributed by atoms with Crippen LogP contribution in [0.1, 0.15) is 62.9 Å². The van der Waals surface area contributed by atoms with Gasteiger partial charge in [-0.25, -0.2) is 13.9 Å². The molecule has 0 saturated carbocycles. The van der Waals surface area contributed by atoms with E-state index in [4.69, 9.17) is 18.9 Å². The SMILES string of the molecule is CC(=O)OC[C@H](OC(C)=O)[C@H](OC(C)=O)[C@@H](OC(C)=O)c1cn(C(C)=O)c(=O)n1C(C)=O. The molecule has 0 spiro atoms. The lowest BCUT2D eigenvalue weighted by Gasteiger charge is -2.31. The number of ether oxygens (including phenoxy) is 4. The van der Waals surface area contributed by atoms with Crippen LogP contribution >= 0.6 is 0 Å². The zero-order valence-corrected chi connectivity index (χ0v) is 18.4. The maximum Gasteiger partial charge on any atom is 0.342 e. The topological polar surface area (TPSA) is 166 Å². The average molecular weight is 456 g/mol. The lowest BCUT2D eigenvalue weighted by molar-refractivity contribution is -0.190. The molecule has 13 nitrogen and oxygen atoms in total. The second-order valence-corrected chi connectivity index (χ2v) is 6.63. The van der Waals surface area contributed by atoms with Crippen molar-refractivity contribution in [3.63, 3.8) is 0 Å². The maximum atomic E-state index is 12.6. The molecule has 0 fully saturated rings. The Morgan fingerprint density at radius 1 is 0.781 bits per heavy atom. The quantitative estimate of drug-likeness (QED) is 0.381. The van der Waals surface area contributed by atoms with E-state index < -0.39 is 66.3 Å². The molecule has 0 bridgehead atoms. The first-order chi connectivity index (χ1) is 14.8. The summed E-state index contributed by atoms with van der Waals surface area (Å²) in [5, 5.41) is 0. The highest BCUT2D eigenvalue weighted by molar-refractivity contribution is 5.80. The predicted molar refractivity (Wildman–Crippen MR) is 104 cm³/mol. The first-order valence-electron chi connectivity index (χ1n) is 9.27. The van der Waals surface area contributed by atoms with Gasteiger partial charge >= 0.3 is 29.6 Å². The Morgan fingerprint density at radius 3 is 1.72 bits per heavy atom. The van der Waals surface area contributed by atoms with Gasteiger partial charge in [0.1, 0.15) is 6.61 Å². The van der Waals surface area contributed by atoms with Crippen molar-refractivity contribution in [2.75, 3.05) is 6.61 Å². The molecular weight excluding hydrogens is 432 g/mol. The van der Waals surface area contributed by atoms with Gasteiger partial charge in [0, 0.05) is 47.7 Å². The molecule has 0 aliphatic rings. The van der Waals surface area contributed by atoms with E-state index in [2.05, 4.69) is 0 Å². The molecule has 1 aromatic heterocycles. The lowest BCUT2D eigenvalue weighted by Crippen LogP contribution is -2.44. The summed E-state index contributed by atoms with van der Waals surface area (Å²) in [4.78, 5) is 83.1. The van der Waals surface area contributed by atoms with Gasteiger partial charge in [-0.3, -0.25) is 28.8 Å². The van der Waals surface area contributed by atoms with Crippen molar-refractivity contribution in [3.05, 3.63) is 22.4 Å². The summed E-state index contributed by atoms with van der Waals surface area (Å²) in [6.07, 6.45) is -3.92. The van der Waals surface area contributed by atoms with Crippen LogP contribution in [-0.4, -0.2) is 63.6 Å². The number of carbonyl (C=O) groups excluding carboxylic acids is 6. The van der Waals surface area contributed by atoms with E-state index in [-0.39, 0.29) is 5.69 Å². The highest BCUT2D eigenvalue weighted by atomic mass is 16.6. The maximum absolute atomic E-state index is 12.6. The molecule has 3 atom stereocenters. The molecule has 1 rings (SSSR count). The van der Waals surface area contributed by atoms with Crippen molar-refractivity contribution in [1.29, 1.82) is 0 Å². The molecule has 0 N–H and O–H groups in total. The van der Waals surface area contributed by atoms with Crippen LogP contribution in [0.5, 0.6) is 0 Å². The summed E-state index contributed by atoms with van der Waals surface area (Å²) < 4.78 is 21.5. The molecule has 0 radical (unpaired) electrons. The Hall–Kier alpha value is -3.77. The fourth-order valence-electron chi connectivity index (χ4n) is 2.81. The number of imidazole rings is 1. The third kappa shape index (κ3) is 6.89. The molecule has 0 unspecified atom stereocenters. The van der Waals surface area contributed by atoms with E-state index in [0.29, 0.717) is 9.13 Å². The predicted octanol–water partition coefficient (Wildman–Crippen LogP) is 0.000700. The van der Waals surface area contributed by atoms with Crippen LogP contribution in [0.15, 0.2) is 11.0 Å².